The number of halogens is 4. The van der Waals surface area contributed by atoms with Crippen LogP contribution in [0.3, 0.4) is 0 Å². The molecule has 1 aliphatic heterocycles. The Morgan fingerprint density at radius 3 is 2.48 bits per heavy atom. The molecule has 1 N–H and O–H groups in total. The summed E-state index contributed by atoms with van der Waals surface area (Å²) in [6.07, 6.45) is -5.59. The number of aryl methyl sites for hydroxylation is 1. The van der Waals surface area contributed by atoms with E-state index in [4.69, 9.17) is 9.52 Å². The van der Waals surface area contributed by atoms with Crippen molar-refractivity contribution < 1.29 is 32.3 Å². The highest BCUT2D eigenvalue weighted by Gasteiger charge is 2.64. The molecule has 5 nitrogen and oxygen atoms in total. The summed E-state index contributed by atoms with van der Waals surface area (Å²) in [6.45, 7) is 0.372. The number of amides is 1. The van der Waals surface area contributed by atoms with Gasteiger partial charge in [0.2, 0.25) is 0 Å². The number of furan rings is 1. The normalized spacial score (nSPS) is 22.6. The quantitative estimate of drug-likeness (QED) is 0.869. The minimum absolute atomic E-state index is 0.0924. The largest absolute Gasteiger partial charge is 0.481 e. The van der Waals surface area contributed by atoms with Gasteiger partial charge in [-0.05, 0) is 35.3 Å². The molecule has 1 saturated heterocycles. The molecular weight excluding hydrogens is 359 g/mol. The van der Waals surface area contributed by atoms with Crippen molar-refractivity contribution in [2.24, 2.45) is 5.41 Å². The lowest BCUT2D eigenvalue weighted by Gasteiger charge is -2.27. The fraction of sp³-hybridized carbons (Fsp3) is 0.500. The van der Waals surface area contributed by atoms with Gasteiger partial charge in [-0.15, -0.1) is 0 Å². The van der Waals surface area contributed by atoms with Crippen LogP contribution in [-0.4, -0.2) is 41.1 Å². The smallest absolute Gasteiger partial charge is 0.406 e. The molecule has 0 aromatic carbocycles. The summed E-state index contributed by atoms with van der Waals surface area (Å²) < 4.78 is 44.5. The maximum absolute atomic E-state index is 13.0. The maximum atomic E-state index is 13.0. The van der Waals surface area contributed by atoms with Crippen molar-refractivity contribution in [3.8, 4) is 0 Å². The van der Waals surface area contributed by atoms with Gasteiger partial charge in [-0.2, -0.15) is 13.2 Å². The first-order chi connectivity index (χ1) is 9.58. The van der Waals surface area contributed by atoms with Gasteiger partial charge in [0, 0.05) is 18.7 Å². The molecule has 2 heterocycles. The molecule has 0 aliphatic carbocycles. The van der Waals surface area contributed by atoms with Crippen LogP contribution in [0.4, 0.5) is 13.2 Å². The molecule has 1 aromatic rings. The number of hydrogen-bond acceptors (Lipinski definition) is 3. The molecule has 1 aliphatic rings. The Kier molecular flexibility index (Phi) is 3.81. The van der Waals surface area contributed by atoms with Crippen molar-refractivity contribution in [2.75, 3.05) is 13.1 Å². The monoisotopic (exact) mass is 369 g/mol. The highest BCUT2D eigenvalue weighted by Crippen LogP contribution is 2.46. The van der Waals surface area contributed by atoms with E-state index < -0.39 is 36.4 Å². The van der Waals surface area contributed by atoms with Gasteiger partial charge in [0.1, 0.15) is 0 Å². The molecule has 21 heavy (non-hydrogen) atoms. The van der Waals surface area contributed by atoms with Crippen LogP contribution in [-0.2, 0) is 4.79 Å². The minimum Gasteiger partial charge on any atom is -0.481 e. The van der Waals surface area contributed by atoms with Gasteiger partial charge < -0.3 is 14.4 Å². The summed E-state index contributed by atoms with van der Waals surface area (Å²) in [5.74, 6) is -2.81. The van der Waals surface area contributed by atoms with Crippen molar-refractivity contribution in [2.45, 2.75) is 19.5 Å². The van der Waals surface area contributed by atoms with Crippen molar-refractivity contribution in [1.82, 2.24) is 4.90 Å². The lowest BCUT2D eigenvalue weighted by Crippen LogP contribution is -2.47. The Morgan fingerprint density at radius 2 is 2.10 bits per heavy atom. The van der Waals surface area contributed by atoms with Gasteiger partial charge >= 0.3 is 12.1 Å². The zero-order valence-electron chi connectivity index (χ0n) is 10.8. The number of carboxylic acids is 1. The molecule has 9 heteroatoms. The number of nitrogens with zero attached hydrogens (tertiary/aromatic N) is 1. The van der Waals surface area contributed by atoms with E-state index in [2.05, 4.69) is 15.9 Å². The second kappa shape index (κ2) is 5.04. The van der Waals surface area contributed by atoms with E-state index in [0.717, 1.165) is 4.90 Å². The van der Waals surface area contributed by atoms with Crippen LogP contribution in [0.5, 0.6) is 0 Å². The molecule has 2 rings (SSSR count). The van der Waals surface area contributed by atoms with E-state index in [-0.39, 0.29) is 17.0 Å². The van der Waals surface area contributed by atoms with Crippen LogP contribution >= 0.6 is 15.9 Å². The fourth-order valence-electron chi connectivity index (χ4n) is 2.31. The lowest BCUT2D eigenvalue weighted by atomic mass is 9.86. The van der Waals surface area contributed by atoms with Crippen molar-refractivity contribution in [1.29, 1.82) is 0 Å². The number of likely N-dealkylation sites (tertiary alicyclic amines) is 1. The number of aliphatic carboxylic acids is 1. The van der Waals surface area contributed by atoms with E-state index in [0.29, 0.717) is 5.56 Å². The first-order valence-corrected chi connectivity index (χ1v) is 6.73. The molecule has 116 valence electrons. The Labute approximate surface area is 125 Å². The molecular formula is C12H11BrF3NO4. The van der Waals surface area contributed by atoms with Gasteiger partial charge in [0.25, 0.3) is 5.91 Å². The number of carbonyl (C=O) groups is 2. The highest BCUT2D eigenvalue weighted by atomic mass is 79.9. The zero-order chi connectivity index (χ0) is 16.0. The molecule has 1 amide bonds. The van der Waals surface area contributed by atoms with E-state index >= 15 is 0 Å². The Morgan fingerprint density at radius 1 is 1.48 bits per heavy atom. The van der Waals surface area contributed by atoms with Gasteiger partial charge in [-0.25, -0.2) is 0 Å². The average Bonchev–Trinajstić information content (AvgIpc) is 2.92. The van der Waals surface area contributed by atoms with Crippen LogP contribution in [0.1, 0.15) is 22.5 Å². The van der Waals surface area contributed by atoms with Crippen LogP contribution in [0.25, 0.3) is 0 Å². The standard InChI is InChI=1S/C12H11BrF3NO4/c1-6-4-7(13)21-8(6)9(18)17-3-2-11(5-17,10(19)20)12(14,15)16/h4H,2-3,5H2,1H3,(H,19,20). The first kappa shape index (κ1) is 15.9. The number of hydrogen-bond donors (Lipinski definition) is 1. The Hall–Kier alpha value is -1.51. The number of carboxylic acid groups (broad SMARTS) is 1. The minimum atomic E-state index is -4.92. The topological polar surface area (TPSA) is 70.8 Å². The van der Waals surface area contributed by atoms with Crippen LogP contribution < -0.4 is 0 Å². The number of alkyl halides is 3. The Balaban J connectivity index is 2.28. The first-order valence-electron chi connectivity index (χ1n) is 5.94. The summed E-state index contributed by atoms with van der Waals surface area (Å²) in [5, 5.41) is 8.94. The maximum Gasteiger partial charge on any atom is 0.406 e. The third-order valence-electron chi connectivity index (χ3n) is 3.59. The van der Waals surface area contributed by atoms with Crippen LogP contribution in [0.2, 0.25) is 0 Å². The molecule has 1 aromatic heterocycles. The van der Waals surface area contributed by atoms with Crippen molar-refractivity contribution in [3.05, 3.63) is 22.1 Å². The molecule has 0 radical (unpaired) electrons. The predicted molar refractivity (Wildman–Crippen MR) is 67.8 cm³/mol. The highest BCUT2D eigenvalue weighted by molar-refractivity contribution is 9.10. The third-order valence-corrected chi connectivity index (χ3v) is 3.98. The van der Waals surface area contributed by atoms with E-state index in [1.807, 2.05) is 0 Å². The molecule has 1 fully saturated rings. The molecule has 1 atom stereocenters. The molecule has 0 saturated carbocycles. The summed E-state index contributed by atoms with van der Waals surface area (Å²) in [6, 6.07) is 1.51. The van der Waals surface area contributed by atoms with E-state index in [1.54, 1.807) is 6.92 Å². The third kappa shape index (κ3) is 2.54. The van der Waals surface area contributed by atoms with Crippen molar-refractivity contribution >= 4 is 27.8 Å². The summed E-state index contributed by atoms with van der Waals surface area (Å²) >= 11 is 3.03. The zero-order valence-corrected chi connectivity index (χ0v) is 12.4. The van der Waals surface area contributed by atoms with Gasteiger partial charge in [-0.1, -0.05) is 0 Å². The summed E-state index contributed by atoms with van der Waals surface area (Å²) in [5.41, 5.74) is -2.45. The molecule has 1 unspecified atom stereocenters. The number of carbonyl (C=O) groups excluding carboxylic acids is 1. The SMILES string of the molecule is Cc1cc(Br)oc1C(=O)N1CCC(C(=O)O)(C(F)(F)F)C1. The van der Waals surface area contributed by atoms with Crippen molar-refractivity contribution in [3.63, 3.8) is 0 Å². The number of rotatable bonds is 2. The summed E-state index contributed by atoms with van der Waals surface area (Å²) in [7, 11) is 0. The lowest BCUT2D eigenvalue weighted by molar-refractivity contribution is -0.227. The van der Waals surface area contributed by atoms with Crippen LogP contribution in [0, 0.1) is 12.3 Å². The van der Waals surface area contributed by atoms with Gasteiger partial charge in [-0.3, -0.25) is 9.59 Å². The fourth-order valence-corrected chi connectivity index (χ4v) is 2.81. The second-order valence-electron chi connectivity index (χ2n) is 4.92. The summed E-state index contributed by atoms with van der Waals surface area (Å²) in [4.78, 5) is 24.1. The average molecular weight is 370 g/mol. The van der Waals surface area contributed by atoms with E-state index in [1.165, 1.54) is 6.07 Å². The molecule has 0 bridgehead atoms. The van der Waals surface area contributed by atoms with Crippen LogP contribution in [0.15, 0.2) is 15.2 Å². The van der Waals surface area contributed by atoms with Gasteiger partial charge in [0.15, 0.2) is 15.8 Å². The molecule has 0 spiro atoms. The predicted octanol–water partition coefficient (Wildman–Crippen LogP) is 2.83. The second-order valence-corrected chi connectivity index (χ2v) is 5.71. The van der Waals surface area contributed by atoms with E-state index in [9.17, 15) is 22.8 Å². The Bertz CT molecular complexity index is 598. The van der Waals surface area contributed by atoms with Gasteiger partial charge in [0.05, 0.1) is 0 Å².